The number of nitrogens with zero attached hydrogens (tertiary/aromatic N) is 1. The Hall–Kier alpha value is -1.64. The first-order valence-corrected chi connectivity index (χ1v) is 5.58. The molecular formula is C13H15NO2. The van der Waals surface area contributed by atoms with E-state index in [1.54, 1.807) is 0 Å². The van der Waals surface area contributed by atoms with E-state index in [4.69, 9.17) is 4.84 Å². The van der Waals surface area contributed by atoms with Crippen LogP contribution in [0.15, 0.2) is 35.5 Å². The number of rotatable bonds is 3. The number of carbonyl (C=O) groups is 1. The third kappa shape index (κ3) is 3.19. The van der Waals surface area contributed by atoms with Gasteiger partial charge in [0, 0.05) is 12.8 Å². The molecule has 0 spiro atoms. The summed E-state index contributed by atoms with van der Waals surface area (Å²) in [4.78, 5) is 16.3. The van der Waals surface area contributed by atoms with Crippen LogP contribution < -0.4 is 0 Å². The largest absolute Gasteiger partial charge is 0.391 e. The molecule has 1 aliphatic carbocycles. The molecule has 0 unspecified atom stereocenters. The van der Waals surface area contributed by atoms with E-state index >= 15 is 0 Å². The second-order valence-corrected chi connectivity index (χ2v) is 3.96. The van der Waals surface area contributed by atoms with Gasteiger partial charge in [0.25, 0.3) is 0 Å². The van der Waals surface area contributed by atoms with Gasteiger partial charge in [0.05, 0.1) is 5.71 Å². The van der Waals surface area contributed by atoms with Crippen molar-refractivity contribution in [2.45, 2.75) is 32.3 Å². The molecule has 0 aromatic heterocycles. The normalized spacial score (nSPS) is 16.0. The summed E-state index contributed by atoms with van der Waals surface area (Å²) in [5.74, 6) is 0.335. The van der Waals surface area contributed by atoms with Crippen LogP contribution >= 0.6 is 0 Å². The van der Waals surface area contributed by atoms with Crippen LogP contribution in [-0.2, 0) is 16.2 Å². The van der Waals surface area contributed by atoms with Crippen molar-refractivity contribution < 1.29 is 9.63 Å². The molecule has 1 aromatic rings. The summed E-state index contributed by atoms with van der Waals surface area (Å²) in [5.41, 5.74) is 2.12. The van der Waals surface area contributed by atoms with Crippen LogP contribution in [0.2, 0.25) is 0 Å². The van der Waals surface area contributed by atoms with Gasteiger partial charge in [0.2, 0.25) is 0 Å². The lowest BCUT2D eigenvalue weighted by molar-refractivity contribution is -0.119. The van der Waals surface area contributed by atoms with Gasteiger partial charge in [0.15, 0.2) is 0 Å². The van der Waals surface area contributed by atoms with Crippen molar-refractivity contribution in [3.8, 4) is 0 Å². The molecule has 1 aromatic carbocycles. The standard InChI is InChI=1S/C13H15NO2/c15-13-8-6-12(7-9-13)14-16-10-11-4-2-1-3-5-11/h1-5H,6-10H2. The lowest BCUT2D eigenvalue weighted by atomic mass is 9.98. The van der Waals surface area contributed by atoms with Crippen LogP contribution in [-0.4, -0.2) is 11.5 Å². The van der Waals surface area contributed by atoms with Crippen LogP contribution in [0.1, 0.15) is 31.2 Å². The maximum atomic E-state index is 11.0. The molecule has 0 bridgehead atoms. The Morgan fingerprint density at radius 2 is 1.75 bits per heavy atom. The number of benzene rings is 1. The highest BCUT2D eigenvalue weighted by Crippen LogP contribution is 2.12. The van der Waals surface area contributed by atoms with Crippen LogP contribution in [0.4, 0.5) is 0 Å². The number of oxime groups is 1. The summed E-state index contributed by atoms with van der Waals surface area (Å²) in [5, 5.41) is 4.08. The summed E-state index contributed by atoms with van der Waals surface area (Å²) < 4.78 is 0. The lowest BCUT2D eigenvalue weighted by Crippen LogP contribution is -2.13. The number of carbonyl (C=O) groups excluding carboxylic acids is 1. The maximum Gasteiger partial charge on any atom is 0.142 e. The quantitative estimate of drug-likeness (QED) is 0.730. The molecule has 0 heterocycles. The molecule has 0 radical (unpaired) electrons. The summed E-state index contributed by atoms with van der Waals surface area (Å²) in [6.45, 7) is 0.498. The van der Waals surface area contributed by atoms with Crippen molar-refractivity contribution in [2.24, 2.45) is 5.16 Å². The fraction of sp³-hybridized carbons (Fsp3) is 0.385. The fourth-order valence-electron chi connectivity index (χ4n) is 1.68. The molecule has 0 aliphatic heterocycles. The predicted octanol–water partition coefficient (Wildman–Crippen LogP) is 2.70. The Bertz CT molecular complexity index is 372. The van der Waals surface area contributed by atoms with Crippen molar-refractivity contribution in [1.29, 1.82) is 0 Å². The minimum absolute atomic E-state index is 0.335. The van der Waals surface area contributed by atoms with E-state index < -0.39 is 0 Å². The average molecular weight is 217 g/mol. The van der Waals surface area contributed by atoms with Gasteiger partial charge in [-0.1, -0.05) is 35.5 Å². The molecule has 0 saturated heterocycles. The van der Waals surface area contributed by atoms with Gasteiger partial charge in [-0.3, -0.25) is 4.79 Å². The topological polar surface area (TPSA) is 38.7 Å². The minimum Gasteiger partial charge on any atom is -0.391 e. The molecule has 3 nitrogen and oxygen atoms in total. The highest BCUT2D eigenvalue weighted by molar-refractivity contribution is 5.95. The molecule has 2 rings (SSSR count). The molecule has 1 saturated carbocycles. The van der Waals surface area contributed by atoms with Crippen LogP contribution in [0.5, 0.6) is 0 Å². The van der Waals surface area contributed by atoms with E-state index in [1.807, 2.05) is 30.3 Å². The van der Waals surface area contributed by atoms with E-state index in [9.17, 15) is 4.79 Å². The SMILES string of the molecule is O=C1CCC(=NOCc2ccccc2)CC1. The lowest BCUT2D eigenvalue weighted by Gasteiger charge is -2.10. The zero-order valence-corrected chi connectivity index (χ0v) is 9.19. The molecule has 16 heavy (non-hydrogen) atoms. The smallest absolute Gasteiger partial charge is 0.142 e. The van der Waals surface area contributed by atoms with Gasteiger partial charge < -0.3 is 4.84 Å². The third-order valence-electron chi connectivity index (χ3n) is 2.65. The highest BCUT2D eigenvalue weighted by atomic mass is 16.6. The molecular weight excluding hydrogens is 202 g/mol. The summed E-state index contributed by atoms with van der Waals surface area (Å²) in [6, 6.07) is 9.94. The number of ketones is 1. The number of hydrogen-bond acceptors (Lipinski definition) is 3. The second kappa shape index (κ2) is 5.45. The van der Waals surface area contributed by atoms with Gasteiger partial charge in [-0.25, -0.2) is 0 Å². The van der Waals surface area contributed by atoms with Gasteiger partial charge in [0.1, 0.15) is 12.4 Å². The first-order valence-electron chi connectivity index (χ1n) is 5.58. The van der Waals surface area contributed by atoms with E-state index in [0.29, 0.717) is 25.2 Å². The molecule has 1 aliphatic rings. The van der Waals surface area contributed by atoms with Crippen molar-refractivity contribution in [1.82, 2.24) is 0 Å². The van der Waals surface area contributed by atoms with E-state index in [0.717, 1.165) is 24.1 Å². The average Bonchev–Trinajstić information content (AvgIpc) is 2.33. The molecule has 0 atom stereocenters. The van der Waals surface area contributed by atoms with E-state index in [2.05, 4.69) is 5.16 Å². The molecule has 0 amide bonds. The van der Waals surface area contributed by atoms with Crippen LogP contribution in [0.25, 0.3) is 0 Å². The first kappa shape index (κ1) is 10.9. The van der Waals surface area contributed by atoms with Crippen molar-refractivity contribution >= 4 is 11.5 Å². The van der Waals surface area contributed by atoms with Gasteiger partial charge in [-0.05, 0) is 18.4 Å². The first-order chi connectivity index (χ1) is 7.84. The zero-order valence-electron chi connectivity index (χ0n) is 9.19. The van der Waals surface area contributed by atoms with E-state index in [1.165, 1.54) is 0 Å². The molecule has 0 N–H and O–H groups in total. The Labute approximate surface area is 95.1 Å². The number of Topliss-reactive ketones (excluding diaryl/α,β-unsaturated/α-hetero) is 1. The summed E-state index contributed by atoms with van der Waals surface area (Å²) >= 11 is 0. The van der Waals surface area contributed by atoms with E-state index in [-0.39, 0.29) is 0 Å². The van der Waals surface area contributed by atoms with Crippen molar-refractivity contribution in [2.75, 3.05) is 0 Å². The van der Waals surface area contributed by atoms with Crippen LogP contribution in [0.3, 0.4) is 0 Å². The summed E-state index contributed by atoms with van der Waals surface area (Å²) in [7, 11) is 0. The second-order valence-electron chi connectivity index (χ2n) is 3.96. The fourth-order valence-corrected chi connectivity index (χ4v) is 1.68. The van der Waals surface area contributed by atoms with Gasteiger partial charge in [-0.15, -0.1) is 0 Å². The Morgan fingerprint density at radius 1 is 1.06 bits per heavy atom. The molecule has 1 fully saturated rings. The highest BCUT2D eigenvalue weighted by Gasteiger charge is 2.13. The van der Waals surface area contributed by atoms with Gasteiger partial charge in [-0.2, -0.15) is 0 Å². The summed E-state index contributed by atoms with van der Waals surface area (Å²) in [6.07, 6.45) is 2.75. The minimum atomic E-state index is 0.335. The molecule has 84 valence electrons. The Morgan fingerprint density at radius 3 is 2.44 bits per heavy atom. The van der Waals surface area contributed by atoms with Crippen molar-refractivity contribution in [3.63, 3.8) is 0 Å². The zero-order chi connectivity index (χ0) is 11.2. The Kier molecular flexibility index (Phi) is 3.70. The predicted molar refractivity (Wildman–Crippen MR) is 62.1 cm³/mol. The van der Waals surface area contributed by atoms with Crippen LogP contribution in [0, 0.1) is 0 Å². The monoisotopic (exact) mass is 217 g/mol. The Balaban J connectivity index is 1.79. The maximum absolute atomic E-state index is 11.0. The van der Waals surface area contributed by atoms with Gasteiger partial charge >= 0.3 is 0 Å². The third-order valence-corrected chi connectivity index (χ3v) is 2.65. The number of hydrogen-bond donors (Lipinski definition) is 0. The van der Waals surface area contributed by atoms with Crippen molar-refractivity contribution in [3.05, 3.63) is 35.9 Å². The molecule has 3 heteroatoms.